The van der Waals surface area contributed by atoms with Gasteiger partial charge in [-0.3, -0.25) is 4.99 Å². The van der Waals surface area contributed by atoms with Crippen molar-refractivity contribution in [2.45, 2.75) is 34.1 Å². The fourth-order valence-corrected chi connectivity index (χ4v) is 1.75. The summed E-state index contributed by atoms with van der Waals surface area (Å²) in [5, 5.41) is 6.64. The van der Waals surface area contributed by atoms with Crippen LogP contribution in [0.5, 0.6) is 0 Å². The lowest BCUT2D eigenvalue weighted by molar-refractivity contribution is 0.163. The molecule has 1 rings (SSSR count). The van der Waals surface area contributed by atoms with Crippen LogP contribution in [0.4, 0.5) is 0 Å². The number of hydrogen-bond donors (Lipinski definition) is 2. The van der Waals surface area contributed by atoms with E-state index in [1.165, 1.54) is 0 Å². The van der Waals surface area contributed by atoms with E-state index in [0.29, 0.717) is 5.92 Å². The van der Waals surface area contributed by atoms with E-state index in [1.54, 1.807) is 0 Å². The molecule has 100 valence electrons. The zero-order chi connectivity index (χ0) is 12.7. The zero-order valence-electron chi connectivity index (χ0n) is 11.7. The molecule has 0 aliphatic carbocycles. The Bertz CT molecular complexity index is 245. The Morgan fingerprint density at radius 1 is 1.41 bits per heavy atom. The van der Waals surface area contributed by atoms with Crippen LogP contribution in [0.3, 0.4) is 0 Å². The molecule has 1 unspecified atom stereocenters. The van der Waals surface area contributed by atoms with E-state index in [0.717, 1.165) is 45.2 Å². The quantitative estimate of drug-likeness (QED) is 0.568. The molecular weight excluding hydrogens is 214 g/mol. The molecule has 0 spiro atoms. The molecule has 4 heteroatoms. The Labute approximate surface area is 105 Å². The van der Waals surface area contributed by atoms with Crippen LogP contribution in [-0.4, -0.2) is 38.8 Å². The smallest absolute Gasteiger partial charge is 0.191 e. The minimum Gasteiger partial charge on any atom is -0.381 e. The third-order valence-corrected chi connectivity index (χ3v) is 2.94. The Morgan fingerprint density at radius 2 is 2.18 bits per heavy atom. The maximum Gasteiger partial charge on any atom is 0.191 e. The monoisotopic (exact) mass is 241 g/mol. The van der Waals surface area contributed by atoms with Crippen LogP contribution in [-0.2, 0) is 4.74 Å². The Kier molecular flexibility index (Phi) is 5.75. The van der Waals surface area contributed by atoms with E-state index in [9.17, 15) is 0 Å². The van der Waals surface area contributed by atoms with Crippen LogP contribution < -0.4 is 10.6 Å². The lowest BCUT2D eigenvalue weighted by Crippen LogP contribution is -2.40. The fourth-order valence-electron chi connectivity index (χ4n) is 1.75. The van der Waals surface area contributed by atoms with Gasteiger partial charge >= 0.3 is 0 Å². The van der Waals surface area contributed by atoms with Crippen molar-refractivity contribution in [3.63, 3.8) is 0 Å². The third kappa shape index (κ3) is 5.39. The average molecular weight is 241 g/mol. The summed E-state index contributed by atoms with van der Waals surface area (Å²) >= 11 is 0. The molecule has 17 heavy (non-hydrogen) atoms. The highest BCUT2D eigenvalue weighted by Crippen LogP contribution is 2.27. The van der Waals surface area contributed by atoms with Gasteiger partial charge in [0.15, 0.2) is 5.96 Å². The van der Waals surface area contributed by atoms with Gasteiger partial charge in [-0.25, -0.2) is 0 Å². The number of ether oxygens (including phenoxy) is 1. The zero-order valence-corrected chi connectivity index (χ0v) is 11.7. The molecule has 0 aromatic rings. The summed E-state index contributed by atoms with van der Waals surface area (Å²) in [4.78, 5) is 4.65. The topological polar surface area (TPSA) is 45.7 Å². The van der Waals surface area contributed by atoms with Gasteiger partial charge in [0.2, 0.25) is 0 Å². The molecule has 0 saturated carbocycles. The molecule has 1 aliphatic heterocycles. The van der Waals surface area contributed by atoms with Gasteiger partial charge in [-0.2, -0.15) is 0 Å². The molecule has 1 aliphatic rings. The molecule has 0 radical (unpaired) electrons. The minimum atomic E-state index is 0.222. The standard InChI is InChI=1S/C13H27N3O/c1-5-14-12(15-8-11(2)3)16-9-13(4)6-7-17-10-13/h11H,5-10H2,1-4H3,(H2,14,15,16). The highest BCUT2D eigenvalue weighted by atomic mass is 16.5. The van der Waals surface area contributed by atoms with Gasteiger partial charge in [0, 0.05) is 25.1 Å². The number of nitrogens with zero attached hydrogens (tertiary/aromatic N) is 1. The third-order valence-electron chi connectivity index (χ3n) is 2.94. The number of hydrogen-bond acceptors (Lipinski definition) is 2. The van der Waals surface area contributed by atoms with Crippen LogP contribution in [0.15, 0.2) is 4.99 Å². The first-order valence-electron chi connectivity index (χ1n) is 6.66. The first-order chi connectivity index (χ1) is 8.06. The summed E-state index contributed by atoms with van der Waals surface area (Å²) in [6, 6.07) is 0. The normalized spacial score (nSPS) is 25.4. The molecule has 0 aromatic carbocycles. The summed E-state index contributed by atoms with van der Waals surface area (Å²) in [7, 11) is 0. The highest BCUT2D eigenvalue weighted by Gasteiger charge is 2.29. The van der Waals surface area contributed by atoms with Gasteiger partial charge in [0.25, 0.3) is 0 Å². The summed E-state index contributed by atoms with van der Waals surface area (Å²) in [5.74, 6) is 1.55. The van der Waals surface area contributed by atoms with Crippen molar-refractivity contribution in [2.75, 3.05) is 32.8 Å². The van der Waals surface area contributed by atoms with Crippen molar-refractivity contribution < 1.29 is 4.74 Å². The largest absolute Gasteiger partial charge is 0.381 e. The van der Waals surface area contributed by atoms with Crippen LogP contribution in [0, 0.1) is 11.3 Å². The maximum atomic E-state index is 5.44. The minimum absolute atomic E-state index is 0.222. The highest BCUT2D eigenvalue weighted by molar-refractivity contribution is 5.79. The number of nitrogens with one attached hydrogen (secondary N) is 2. The van der Waals surface area contributed by atoms with Gasteiger partial charge in [0.05, 0.1) is 13.2 Å². The Morgan fingerprint density at radius 3 is 2.71 bits per heavy atom. The van der Waals surface area contributed by atoms with E-state index in [1.807, 2.05) is 0 Å². The molecule has 1 heterocycles. The summed E-state index contributed by atoms with van der Waals surface area (Å²) < 4.78 is 5.44. The van der Waals surface area contributed by atoms with Crippen molar-refractivity contribution in [3.05, 3.63) is 0 Å². The van der Waals surface area contributed by atoms with E-state index in [2.05, 4.69) is 43.3 Å². The lowest BCUT2D eigenvalue weighted by atomic mass is 9.90. The SMILES string of the molecule is CCNC(=NCC1(C)CCOC1)NCC(C)C. The first-order valence-corrected chi connectivity index (χ1v) is 6.66. The molecule has 0 aromatic heterocycles. The second-order valence-corrected chi connectivity index (χ2v) is 5.58. The van der Waals surface area contributed by atoms with E-state index in [-0.39, 0.29) is 5.41 Å². The number of aliphatic imine (C=N–C) groups is 1. The van der Waals surface area contributed by atoms with Crippen LogP contribution in [0.1, 0.15) is 34.1 Å². The molecular formula is C13H27N3O. The van der Waals surface area contributed by atoms with Gasteiger partial charge in [-0.1, -0.05) is 20.8 Å². The lowest BCUT2D eigenvalue weighted by Gasteiger charge is -2.20. The second kappa shape index (κ2) is 6.84. The first kappa shape index (κ1) is 14.3. The summed E-state index contributed by atoms with van der Waals surface area (Å²) in [5.41, 5.74) is 0.222. The molecule has 1 atom stereocenters. The van der Waals surface area contributed by atoms with E-state index >= 15 is 0 Å². The van der Waals surface area contributed by atoms with E-state index in [4.69, 9.17) is 4.74 Å². The van der Waals surface area contributed by atoms with E-state index < -0.39 is 0 Å². The van der Waals surface area contributed by atoms with Crippen molar-refractivity contribution in [1.29, 1.82) is 0 Å². The molecule has 2 N–H and O–H groups in total. The maximum absolute atomic E-state index is 5.44. The molecule has 0 amide bonds. The average Bonchev–Trinajstić information content (AvgIpc) is 2.70. The van der Waals surface area contributed by atoms with Crippen molar-refractivity contribution in [1.82, 2.24) is 10.6 Å². The molecule has 1 saturated heterocycles. The van der Waals surface area contributed by atoms with Gasteiger partial charge < -0.3 is 15.4 Å². The predicted molar refractivity (Wildman–Crippen MR) is 72.4 cm³/mol. The van der Waals surface area contributed by atoms with Gasteiger partial charge in [-0.15, -0.1) is 0 Å². The van der Waals surface area contributed by atoms with Crippen molar-refractivity contribution >= 4 is 5.96 Å². The number of rotatable bonds is 5. The Hall–Kier alpha value is -0.770. The second-order valence-electron chi connectivity index (χ2n) is 5.58. The Balaban J connectivity index is 2.44. The van der Waals surface area contributed by atoms with Gasteiger partial charge in [0.1, 0.15) is 0 Å². The van der Waals surface area contributed by atoms with Crippen LogP contribution in [0.2, 0.25) is 0 Å². The molecule has 1 fully saturated rings. The molecule has 4 nitrogen and oxygen atoms in total. The van der Waals surface area contributed by atoms with Gasteiger partial charge in [-0.05, 0) is 19.3 Å². The predicted octanol–water partition coefficient (Wildman–Crippen LogP) is 1.62. The van der Waals surface area contributed by atoms with Crippen LogP contribution >= 0.6 is 0 Å². The summed E-state index contributed by atoms with van der Waals surface area (Å²) in [6.45, 7) is 13.1. The number of guanidine groups is 1. The fraction of sp³-hybridized carbons (Fsp3) is 0.923. The molecule has 0 bridgehead atoms. The van der Waals surface area contributed by atoms with Crippen molar-refractivity contribution in [2.24, 2.45) is 16.3 Å². The summed E-state index contributed by atoms with van der Waals surface area (Å²) in [6.07, 6.45) is 1.11. The van der Waals surface area contributed by atoms with Crippen LogP contribution in [0.25, 0.3) is 0 Å². The van der Waals surface area contributed by atoms with Crippen molar-refractivity contribution in [3.8, 4) is 0 Å².